The smallest absolute Gasteiger partial charge is 0.250 e. The summed E-state index contributed by atoms with van der Waals surface area (Å²) in [5, 5.41) is 11.8. The number of carbonyl (C=O) groups is 1. The second-order valence-electron chi connectivity index (χ2n) is 6.59. The van der Waals surface area contributed by atoms with E-state index in [0.29, 0.717) is 22.2 Å². The molecule has 0 aliphatic carbocycles. The highest BCUT2D eigenvalue weighted by Gasteiger charge is 2.32. The van der Waals surface area contributed by atoms with Crippen LogP contribution in [0.1, 0.15) is 18.9 Å². The van der Waals surface area contributed by atoms with E-state index in [1.54, 1.807) is 19.1 Å². The van der Waals surface area contributed by atoms with Crippen LogP contribution in [0.3, 0.4) is 0 Å². The zero-order valence-electron chi connectivity index (χ0n) is 16.4. The molecule has 0 radical (unpaired) electrons. The van der Waals surface area contributed by atoms with Gasteiger partial charge in [0.1, 0.15) is 11.0 Å². The lowest BCUT2D eigenvalue weighted by Crippen LogP contribution is -2.47. The lowest BCUT2D eigenvalue weighted by molar-refractivity contribution is -0.117. The van der Waals surface area contributed by atoms with Gasteiger partial charge in [-0.1, -0.05) is 66.3 Å². The molecule has 29 heavy (non-hydrogen) atoms. The summed E-state index contributed by atoms with van der Waals surface area (Å²) in [6.07, 6.45) is 1.40. The molecule has 0 aliphatic rings. The highest BCUT2D eigenvalue weighted by molar-refractivity contribution is 7.92. The number of rotatable bonds is 7. The Balaban J connectivity index is 1.85. The largest absolute Gasteiger partial charge is 0.299 e. The van der Waals surface area contributed by atoms with Gasteiger partial charge in [-0.3, -0.25) is 14.4 Å². The fraction of sp³-hybridized carbons (Fsp3) is 0.250. The summed E-state index contributed by atoms with van der Waals surface area (Å²) in [6.45, 7) is 3.68. The van der Waals surface area contributed by atoms with Crippen molar-refractivity contribution in [2.24, 2.45) is 0 Å². The number of hydrogen-bond acceptors (Lipinski definition) is 6. The Bertz CT molecular complexity index is 1080. The molecule has 0 aliphatic heterocycles. The van der Waals surface area contributed by atoms with Crippen molar-refractivity contribution < 1.29 is 13.2 Å². The van der Waals surface area contributed by atoms with E-state index >= 15 is 0 Å². The molecule has 0 bridgehead atoms. The summed E-state index contributed by atoms with van der Waals surface area (Å²) >= 11 is 1.24. The maximum Gasteiger partial charge on any atom is 0.250 e. The summed E-state index contributed by atoms with van der Waals surface area (Å²) in [5.41, 5.74) is 2.35. The molecule has 1 atom stereocenters. The Labute approximate surface area is 174 Å². The van der Waals surface area contributed by atoms with Crippen molar-refractivity contribution in [3.63, 3.8) is 0 Å². The third-order valence-electron chi connectivity index (χ3n) is 4.29. The number of benzene rings is 2. The molecule has 0 unspecified atom stereocenters. The van der Waals surface area contributed by atoms with Crippen molar-refractivity contribution in [1.29, 1.82) is 0 Å². The number of aryl methyl sites for hydroxylation is 1. The van der Waals surface area contributed by atoms with Crippen molar-refractivity contribution in [3.05, 3.63) is 60.2 Å². The van der Waals surface area contributed by atoms with Gasteiger partial charge < -0.3 is 0 Å². The Hall–Kier alpha value is -2.78. The van der Waals surface area contributed by atoms with E-state index < -0.39 is 22.0 Å². The molecule has 0 spiro atoms. The molecule has 2 aromatic carbocycles. The zero-order chi connectivity index (χ0) is 21.0. The number of aromatic nitrogens is 2. The van der Waals surface area contributed by atoms with Gasteiger partial charge in [-0.25, -0.2) is 8.42 Å². The van der Waals surface area contributed by atoms with E-state index in [0.717, 1.165) is 21.7 Å². The van der Waals surface area contributed by atoms with Gasteiger partial charge in [-0.05, 0) is 25.5 Å². The Kier molecular flexibility index (Phi) is 6.29. The SMILES string of the molecule is CC[C@@H](C(=O)Nc1nnc(-c2ccccc2)s1)N(c1ccc(C)cc1)S(C)(=O)=O. The van der Waals surface area contributed by atoms with E-state index in [1.807, 2.05) is 49.4 Å². The topological polar surface area (TPSA) is 92.3 Å². The number of nitrogens with zero attached hydrogens (tertiary/aromatic N) is 3. The number of anilines is 2. The normalized spacial score (nSPS) is 12.4. The number of nitrogens with one attached hydrogen (secondary N) is 1. The monoisotopic (exact) mass is 430 g/mol. The molecule has 1 amide bonds. The summed E-state index contributed by atoms with van der Waals surface area (Å²) < 4.78 is 26.1. The highest BCUT2D eigenvalue weighted by Crippen LogP contribution is 2.27. The highest BCUT2D eigenvalue weighted by atomic mass is 32.2. The summed E-state index contributed by atoms with van der Waals surface area (Å²) in [5.74, 6) is -0.450. The molecule has 9 heteroatoms. The quantitative estimate of drug-likeness (QED) is 0.617. The Morgan fingerprint density at radius 1 is 1.10 bits per heavy atom. The Morgan fingerprint density at radius 3 is 2.34 bits per heavy atom. The standard InChI is InChI=1S/C20H22N4O3S2/c1-4-17(24(29(3,26)27)16-12-10-14(2)11-13-16)18(25)21-20-23-22-19(28-20)15-8-6-5-7-9-15/h5-13,17H,4H2,1-3H3,(H,21,23,25)/t17-/m0/s1. The molecule has 1 aromatic heterocycles. The number of amides is 1. The molecule has 1 heterocycles. The van der Waals surface area contributed by atoms with Gasteiger partial charge in [-0.2, -0.15) is 0 Å². The Morgan fingerprint density at radius 2 is 1.76 bits per heavy atom. The number of hydrogen-bond donors (Lipinski definition) is 1. The van der Waals surface area contributed by atoms with Gasteiger partial charge >= 0.3 is 0 Å². The fourth-order valence-corrected chi connectivity index (χ4v) is 4.88. The van der Waals surface area contributed by atoms with Gasteiger partial charge in [0.15, 0.2) is 0 Å². The first kappa shape index (κ1) is 20.9. The third-order valence-corrected chi connectivity index (χ3v) is 6.36. The van der Waals surface area contributed by atoms with Crippen molar-refractivity contribution in [2.45, 2.75) is 26.3 Å². The summed E-state index contributed by atoms with van der Waals surface area (Å²) in [7, 11) is -3.68. The van der Waals surface area contributed by atoms with Crippen molar-refractivity contribution in [2.75, 3.05) is 15.9 Å². The van der Waals surface area contributed by atoms with Crippen LogP contribution in [0.25, 0.3) is 10.6 Å². The fourth-order valence-electron chi connectivity index (χ4n) is 2.91. The van der Waals surface area contributed by atoms with Crippen molar-refractivity contribution in [3.8, 4) is 10.6 Å². The van der Waals surface area contributed by atoms with Crippen LogP contribution in [-0.4, -0.2) is 36.8 Å². The van der Waals surface area contributed by atoms with Crippen LogP contribution < -0.4 is 9.62 Å². The minimum Gasteiger partial charge on any atom is -0.299 e. The number of carbonyl (C=O) groups excluding carboxylic acids is 1. The van der Waals surface area contributed by atoms with Crippen LogP contribution in [0, 0.1) is 6.92 Å². The maximum atomic E-state index is 12.9. The first-order valence-electron chi connectivity index (χ1n) is 9.05. The van der Waals surface area contributed by atoms with Gasteiger partial charge in [0.05, 0.1) is 11.9 Å². The zero-order valence-corrected chi connectivity index (χ0v) is 18.0. The molecule has 0 fully saturated rings. The predicted molar refractivity (Wildman–Crippen MR) is 117 cm³/mol. The lowest BCUT2D eigenvalue weighted by Gasteiger charge is -2.29. The van der Waals surface area contributed by atoms with Crippen molar-refractivity contribution >= 4 is 38.1 Å². The molecular formula is C20H22N4O3S2. The molecule has 0 saturated carbocycles. The average Bonchev–Trinajstić information content (AvgIpc) is 3.15. The number of sulfonamides is 1. The molecule has 3 aromatic rings. The van der Waals surface area contributed by atoms with E-state index in [4.69, 9.17) is 0 Å². The van der Waals surface area contributed by atoms with Gasteiger partial charge in [0.25, 0.3) is 0 Å². The lowest BCUT2D eigenvalue weighted by atomic mass is 10.1. The van der Waals surface area contributed by atoms with Gasteiger partial charge in [0, 0.05) is 5.56 Å². The first-order chi connectivity index (χ1) is 13.8. The molecule has 152 valence electrons. The van der Waals surface area contributed by atoms with Gasteiger partial charge in [-0.15, -0.1) is 10.2 Å². The van der Waals surface area contributed by atoms with Gasteiger partial charge in [0.2, 0.25) is 21.1 Å². The van der Waals surface area contributed by atoms with Crippen LogP contribution in [-0.2, 0) is 14.8 Å². The van der Waals surface area contributed by atoms with Crippen LogP contribution >= 0.6 is 11.3 Å². The minimum atomic E-state index is -3.68. The second-order valence-corrected chi connectivity index (χ2v) is 9.42. The second kappa shape index (κ2) is 8.71. The molecule has 3 rings (SSSR count). The van der Waals surface area contributed by atoms with E-state index in [9.17, 15) is 13.2 Å². The molecular weight excluding hydrogens is 408 g/mol. The average molecular weight is 431 g/mol. The molecule has 0 saturated heterocycles. The summed E-state index contributed by atoms with van der Waals surface area (Å²) in [6, 6.07) is 15.6. The van der Waals surface area contributed by atoms with E-state index in [2.05, 4.69) is 15.5 Å². The summed E-state index contributed by atoms with van der Waals surface area (Å²) in [4.78, 5) is 12.9. The maximum absolute atomic E-state index is 12.9. The third kappa shape index (κ3) is 4.99. The van der Waals surface area contributed by atoms with E-state index in [1.165, 1.54) is 11.3 Å². The van der Waals surface area contributed by atoms with E-state index in [-0.39, 0.29) is 0 Å². The molecule has 1 N–H and O–H groups in total. The van der Waals surface area contributed by atoms with Crippen LogP contribution in [0.5, 0.6) is 0 Å². The predicted octanol–water partition coefficient (Wildman–Crippen LogP) is 3.70. The van der Waals surface area contributed by atoms with Crippen LogP contribution in [0.15, 0.2) is 54.6 Å². The minimum absolute atomic E-state index is 0.303. The molecule has 7 nitrogen and oxygen atoms in total. The van der Waals surface area contributed by atoms with Crippen LogP contribution in [0.2, 0.25) is 0 Å². The first-order valence-corrected chi connectivity index (χ1v) is 11.7. The van der Waals surface area contributed by atoms with Crippen molar-refractivity contribution in [1.82, 2.24) is 10.2 Å². The van der Waals surface area contributed by atoms with Crippen LogP contribution in [0.4, 0.5) is 10.8 Å².